The van der Waals surface area contributed by atoms with Crippen molar-refractivity contribution in [3.63, 3.8) is 0 Å². The first-order valence-corrected chi connectivity index (χ1v) is 9.18. The molecule has 0 saturated heterocycles. The second-order valence-electron chi connectivity index (χ2n) is 6.64. The van der Waals surface area contributed by atoms with E-state index < -0.39 is 0 Å². The Kier molecular flexibility index (Phi) is 4.60. The van der Waals surface area contributed by atoms with E-state index in [1.165, 1.54) is 10.9 Å². The van der Waals surface area contributed by atoms with Gasteiger partial charge in [0.25, 0.3) is 5.56 Å². The molecule has 1 amide bonds. The van der Waals surface area contributed by atoms with Crippen LogP contribution in [0.25, 0.3) is 21.9 Å². The predicted molar refractivity (Wildman–Crippen MR) is 110 cm³/mol. The summed E-state index contributed by atoms with van der Waals surface area (Å²) in [6.45, 7) is 2.15. The topological polar surface area (TPSA) is 81.8 Å². The van der Waals surface area contributed by atoms with Gasteiger partial charge in [-0.15, -0.1) is 0 Å². The van der Waals surface area contributed by atoms with Gasteiger partial charge in [-0.1, -0.05) is 23.7 Å². The van der Waals surface area contributed by atoms with Crippen LogP contribution in [-0.4, -0.2) is 25.0 Å². The van der Waals surface area contributed by atoms with Crippen molar-refractivity contribution in [2.45, 2.75) is 19.9 Å². The van der Waals surface area contributed by atoms with Crippen LogP contribution in [0.3, 0.4) is 0 Å². The Morgan fingerprint density at radius 3 is 2.89 bits per heavy atom. The summed E-state index contributed by atoms with van der Waals surface area (Å²) in [4.78, 5) is 33.8. The first kappa shape index (κ1) is 18.2. The van der Waals surface area contributed by atoms with Crippen LogP contribution < -0.4 is 10.9 Å². The highest BCUT2D eigenvalue weighted by Crippen LogP contribution is 2.22. The summed E-state index contributed by atoms with van der Waals surface area (Å²) < 4.78 is 3.24. The van der Waals surface area contributed by atoms with E-state index in [0.29, 0.717) is 27.4 Å². The first-order valence-electron chi connectivity index (χ1n) is 8.80. The lowest BCUT2D eigenvalue weighted by molar-refractivity contribution is -0.116. The molecular weight excluding hydrogens is 378 g/mol. The summed E-state index contributed by atoms with van der Waals surface area (Å²) in [5.74, 6) is 0.197. The van der Waals surface area contributed by atoms with E-state index in [1.807, 2.05) is 32.2 Å². The third kappa shape index (κ3) is 3.25. The summed E-state index contributed by atoms with van der Waals surface area (Å²) in [6.07, 6.45) is 1.62. The second-order valence-corrected chi connectivity index (χ2v) is 7.08. The molecule has 7 nitrogen and oxygen atoms in total. The number of anilines is 1. The molecule has 2 aromatic heterocycles. The van der Waals surface area contributed by atoms with Gasteiger partial charge in [0.15, 0.2) is 0 Å². The van der Waals surface area contributed by atoms with Crippen molar-refractivity contribution in [1.29, 1.82) is 0 Å². The Labute approximate surface area is 165 Å². The van der Waals surface area contributed by atoms with Gasteiger partial charge in [0, 0.05) is 25.0 Å². The molecule has 8 heteroatoms. The molecule has 4 aromatic rings. The predicted octanol–water partition coefficient (Wildman–Crippen LogP) is 3.27. The number of fused-ring (bicyclic) bond motifs is 2. The standard InChI is InChI=1S/C20H18ClN5O2/c1-12-4-3-5-14-18(12)22-11-26(19(14)28)9-8-17(27)24-20-23-15-10-13(21)6-7-16(15)25(20)2/h3-7,10-11H,8-9H2,1-2H3,(H,23,24,27). The van der Waals surface area contributed by atoms with Crippen LogP contribution in [0.5, 0.6) is 0 Å². The zero-order valence-electron chi connectivity index (χ0n) is 15.4. The van der Waals surface area contributed by atoms with Crippen molar-refractivity contribution in [1.82, 2.24) is 19.1 Å². The van der Waals surface area contributed by atoms with E-state index in [4.69, 9.17) is 11.6 Å². The van der Waals surface area contributed by atoms with Crippen molar-refractivity contribution < 1.29 is 4.79 Å². The van der Waals surface area contributed by atoms with Gasteiger partial charge in [0.2, 0.25) is 11.9 Å². The van der Waals surface area contributed by atoms with Crippen LogP contribution in [0, 0.1) is 6.92 Å². The Bertz CT molecular complexity index is 1280. The van der Waals surface area contributed by atoms with Gasteiger partial charge < -0.3 is 4.57 Å². The normalized spacial score (nSPS) is 11.2. The van der Waals surface area contributed by atoms with Gasteiger partial charge in [0.05, 0.1) is 28.3 Å². The lowest BCUT2D eigenvalue weighted by Crippen LogP contribution is -2.24. The van der Waals surface area contributed by atoms with Crippen molar-refractivity contribution in [2.24, 2.45) is 7.05 Å². The molecule has 4 rings (SSSR count). The molecule has 0 aliphatic heterocycles. The number of nitrogens with zero attached hydrogens (tertiary/aromatic N) is 4. The number of rotatable bonds is 4. The number of halogens is 1. The molecule has 0 saturated carbocycles. The quantitative estimate of drug-likeness (QED) is 0.575. The fraction of sp³-hybridized carbons (Fsp3) is 0.200. The summed E-state index contributed by atoms with van der Waals surface area (Å²) in [5, 5.41) is 3.93. The SMILES string of the molecule is Cc1cccc2c(=O)n(CCC(=O)Nc3nc4cc(Cl)ccc4n3C)cnc12. The first-order chi connectivity index (χ1) is 13.4. The molecular formula is C20H18ClN5O2. The maximum atomic E-state index is 12.6. The molecule has 1 N–H and O–H groups in total. The molecule has 0 bridgehead atoms. The molecule has 2 aromatic carbocycles. The van der Waals surface area contributed by atoms with Crippen molar-refractivity contribution in [2.75, 3.05) is 5.32 Å². The number of para-hydroxylation sites is 1. The van der Waals surface area contributed by atoms with Gasteiger partial charge in [-0.05, 0) is 36.8 Å². The fourth-order valence-corrected chi connectivity index (χ4v) is 3.36. The minimum atomic E-state index is -0.235. The summed E-state index contributed by atoms with van der Waals surface area (Å²) in [5.41, 5.74) is 3.05. The van der Waals surface area contributed by atoms with Crippen LogP contribution >= 0.6 is 11.6 Å². The van der Waals surface area contributed by atoms with Crippen molar-refractivity contribution >= 4 is 45.4 Å². The fourth-order valence-electron chi connectivity index (χ4n) is 3.19. The number of hydrogen-bond donors (Lipinski definition) is 1. The number of carbonyl (C=O) groups is 1. The minimum absolute atomic E-state index is 0.128. The number of carbonyl (C=O) groups excluding carboxylic acids is 1. The molecule has 0 spiro atoms. The van der Waals surface area contributed by atoms with Crippen molar-refractivity contribution in [3.05, 3.63) is 63.7 Å². The van der Waals surface area contributed by atoms with E-state index in [1.54, 1.807) is 22.8 Å². The van der Waals surface area contributed by atoms with Gasteiger partial charge in [0.1, 0.15) is 0 Å². The van der Waals surface area contributed by atoms with Crippen LogP contribution in [0.15, 0.2) is 47.5 Å². The van der Waals surface area contributed by atoms with Gasteiger partial charge >= 0.3 is 0 Å². The van der Waals surface area contributed by atoms with Crippen LogP contribution in [0.1, 0.15) is 12.0 Å². The molecule has 142 valence electrons. The van der Waals surface area contributed by atoms with Gasteiger partial charge in [-0.3, -0.25) is 19.5 Å². The molecule has 0 aliphatic carbocycles. The van der Waals surface area contributed by atoms with E-state index in [2.05, 4.69) is 15.3 Å². The van der Waals surface area contributed by atoms with Crippen LogP contribution in [-0.2, 0) is 18.4 Å². The largest absolute Gasteiger partial charge is 0.313 e. The van der Waals surface area contributed by atoms with Gasteiger partial charge in [-0.25, -0.2) is 9.97 Å². The van der Waals surface area contributed by atoms with E-state index >= 15 is 0 Å². The van der Waals surface area contributed by atoms with Crippen LogP contribution in [0.4, 0.5) is 5.95 Å². The summed E-state index contributed by atoms with van der Waals surface area (Å²) >= 11 is 5.99. The van der Waals surface area contributed by atoms with E-state index in [9.17, 15) is 9.59 Å². The molecule has 0 aliphatic rings. The van der Waals surface area contributed by atoms with Crippen LogP contribution in [0.2, 0.25) is 5.02 Å². The maximum absolute atomic E-state index is 12.6. The number of amides is 1. The monoisotopic (exact) mass is 395 g/mol. The van der Waals surface area contributed by atoms with E-state index in [0.717, 1.165) is 11.1 Å². The van der Waals surface area contributed by atoms with Crippen molar-refractivity contribution in [3.8, 4) is 0 Å². The second kappa shape index (κ2) is 7.09. The van der Waals surface area contributed by atoms with E-state index in [-0.39, 0.29) is 24.4 Å². The highest BCUT2D eigenvalue weighted by atomic mass is 35.5. The Hall–Kier alpha value is -3.19. The highest BCUT2D eigenvalue weighted by molar-refractivity contribution is 6.31. The number of benzene rings is 2. The molecule has 0 unspecified atom stereocenters. The highest BCUT2D eigenvalue weighted by Gasteiger charge is 2.12. The smallest absolute Gasteiger partial charge is 0.261 e. The number of aromatic nitrogens is 4. The summed E-state index contributed by atoms with van der Waals surface area (Å²) in [7, 11) is 1.82. The summed E-state index contributed by atoms with van der Waals surface area (Å²) in [6, 6.07) is 10.9. The maximum Gasteiger partial charge on any atom is 0.261 e. The number of imidazole rings is 1. The Morgan fingerprint density at radius 2 is 2.07 bits per heavy atom. The Balaban J connectivity index is 1.51. The molecule has 0 atom stereocenters. The number of aryl methyl sites for hydroxylation is 3. The Morgan fingerprint density at radius 1 is 1.25 bits per heavy atom. The lowest BCUT2D eigenvalue weighted by Gasteiger charge is -2.08. The number of hydrogen-bond acceptors (Lipinski definition) is 4. The molecule has 0 radical (unpaired) electrons. The lowest BCUT2D eigenvalue weighted by atomic mass is 10.1. The average molecular weight is 396 g/mol. The molecule has 0 fully saturated rings. The van der Waals surface area contributed by atoms with Gasteiger partial charge in [-0.2, -0.15) is 0 Å². The number of nitrogens with one attached hydrogen (secondary N) is 1. The molecule has 28 heavy (non-hydrogen) atoms. The zero-order valence-corrected chi connectivity index (χ0v) is 16.2. The third-order valence-electron chi connectivity index (χ3n) is 4.73. The minimum Gasteiger partial charge on any atom is -0.313 e. The zero-order chi connectivity index (χ0) is 19.8. The average Bonchev–Trinajstić information content (AvgIpc) is 2.96. The third-order valence-corrected chi connectivity index (χ3v) is 4.96. The molecule has 2 heterocycles.